The molecule has 124 valence electrons. The first-order valence-corrected chi connectivity index (χ1v) is 8.25. The van der Waals surface area contributed by atoms with E-state index < -0.39 is 0 Å². The highest BCUT2D eigenvalue weighted by molar-refractivity contribution is 5.87. The van der Waals surface area contributed by atoms with E-state index in [0.29, 0.717) is 12.5 Å². The van der Waals surface area contributed by atoms with E-state index in [4.69, 9.17) is 10.5 Å². The first-order valence-electron chi connectivity index (χ1n) is 8.25. The van der Waals surface area contributed by atoms with E-state index in [2.05, 4.69) is 9.88 Å². The van der Waals surface area contributed by atoms with Crippen molar-refractivity contribution < 1.29 is 9.84 Å². The zero-order chi connectivity index (χ0) is 16.2. The highest BCUT2D eigenvalue weighted by Gasteiger charge is 2.27. The van der Waals surface area contributed by atoms with Crippen LogP contribution in [0.2, 0.25) is 0 Å². The van der Waals surface area contributed by atoms with Crippen molar-refractivity contribution in [2.24, 2.45) is 11.7 Å². The predicted octanol–water partition coefficient (Wildman–Crippen LogP) is 1.95. The molecule has 1 aromatic heterocycles. The molecule has 0 spiro atoms. The minimum atomic E-state index is -0.0260. The monoisotopic (exact) mass is 315 g/mol. The van der Waals surface area contributed by atoms with Crippen LogP contribution < -0.4 is 10.5 Å². The lowest BCUT2D eigenvalue weighted by Crippen LogP contribution is -2.41. The van der Waals surface area contributed by atoms with Gasteiger partial charge >= 0.3 is 0 Å². The Balaban J connectivity index is 2.00. The third kappa shape index (κ3) is 3.17. The molecule has 0 bridgehead atoms. The number of pyridine rings is 1. The smallest absolute Gasteiger partial charge is 0.145 e. The van der Waals surface area contributed by atoms with Gasteiger partial charge in [-0.1, -0.05) is 12.1 Å². The number of hydrogen-bond acceptors (Lipinski definition) is 5. The lowest BCUT2D eigenvalue weighted by atomic mass is 9.94. The quantitative estimate of drug-likeness (QED) is 0.882. The van der Waals surface area contributed by atoms with E-state index in [1.54, 1.807) is 13.3 Å². The number of aromatic nitrogens is 1. The average Bonchev–Trinajstić information content (AvgIpc) is 2.62. The van der Waals surface area contributed by atoms with Crippen LogP contribution in [-0.4, -0.2) is 48.3 Å². The van der Waals surface area contributed by atoms with E-state index in [-0.39, 0.29) is 12.6 Å². The Labute approximate surface area is 137 Å². The van der Waals surface area contributed by atoms with Crippen molar-refractivity contribution in [3.63, 3.8) is 0 Å². The molecule has 3 N–H and O–H groups in total. The number of benzene rings is 1. The van der Waals surface area contributed by atoms with Gasteiger partial charge in [0.1, 0.15) is 11.3 Å². The minimum Gasteiger partial charge on any atom is -0.494 e. The van der Waals surface area contributed by atoms with Gasteiger partial charge in [0, 0.05) is 18.1 Å². The van der Waals surface area contributed by atoms with Gasteiger partial charge in [0.2, 0.25) is 0 Å². The van der Waals surface area contributed by atoms with Crippen LogP contribution in [0.3, 0.4) is 0 Å². The van der Waals surface area contributed by atoms with E-state index in [1.165, 1.54) is 6.42 Å². The molecule has 1 saturated heterocycles. The van der Waals surface area contributed by atoms with Crippen LogP contribution in [0.4, 0.5) is 0 Å². The molecular weight excluding hydrogens is 290 g/mol. The predicted molar refractivity (Wildman–Crippen MR) is 91.5 cm³/mol. The second-order valence-corrected chi connectivity index (χ2v) is 6.19. The molecule has 0 amide bonds. The Morgan fingerprint density at radius 1 is 1.43 bits per heavy atom. The van der Waals surface area contributed by atoms with Crippen LogP contribution >= 0.6 is 0 Å². The van der Waals surface area contributed by atoms with E-state index >= 15 is 0 Å². The SMILES string of the molecule is COc1cccc2c([C@@H](CO)N3CCCC(CN)C3)ccnc12. The summed E-state index contributed by atoms with van der Waals surface area (Å²) in [5.74, 6) is 1.28. The van der Waals surface area contributed by atoms with E-state index in [0.717, 1.165) is 41.7 Å². The minimum absolute atomic E-state index is 0.0260. The van der Waals surface area contributed by atoms with Crippen molar-refractivity contribution >= 4 is 10.9 Å². The van der Waals surface area contributed by atoms with Crippen LogP contribution in [-0.2, 0) is 0 Å². The Morgan fingerprint density at radius 3 is 3.04 bits per heavy atom. The Hall–Kier alpha value is -1.69. The summed E-state index contributed by atoms with van der Waals surface area (Å²) in [6.45, 7) is 2.73. The Bertz CT molecular complexity index is 662. The van der Waals surface area contributed by atoms with E-state index in [1.807, 2.05) is 24.3 Å². The highest BCUT2D eigenvalue weighted by atomic mass is 16.5. The molecule has 3 rings (SSSR count). The standard InChI is InChI=1S/C18H25N3O2/c1-23-17-6-2-5-15-14(7-8-20-18(15)17)16(12-22)21-9-3-4-13(10-19)11-21/h2,5-8,13,16,22H,3-4,9-12,19H2,1H3/t13?,16-/m1/s1. The van der Waals surface area contributed by atoms with Gasteiger partial charge in [-0.05, 0) is 49.5 Å². The van der Waals surface area contributed by atoms with Gasteiger partial charge in [0.05, 0.1) is 19.8 Å². The molecule has 2 atom stereocenters. The van der Waals surface area contributed by atoms with Gasteiger partial charge < -0.3 is 15.6 Å². The summed E-state index contributed by atoms with van der Waals surface area (Å²) in [6.07, 6.45) is 4.11. The van der Waals surface area contributed by atoms with Crippen molar-refractivity contribution in [1.82, 2.24) is 9.88 Å². The fourth-order valence-electron chi connectivity index (χ4n) is 3.61. The molecule has 5 heteroatoms. The number of para-hydroxylation sites is 1. The maximum atomic E-state index is 10.1. The molecule has 23 heavy (non-hydrogen) atoms. The van der Waals surface area contributed by atoms with Gasteiger partial charge in [-0.3, -0.25) is 9.88 Å². The van der Waals surface area contributed by atoms with Gasteiger partial charge in [-0.25, -0.2) is 0 Å². The number of methoxy groups -OCH3 is 1. The summed E-state index contributed by atoms with van der Waals surface area (Å²) in [6, 6.07) is 7.92. The van der Waals surface area contributed by atoms with Crippen LogP contribution in [0.1, 0.15) is 24.4 Å². The summed E-state index contributed by atoms with van der Waals surface area (Å²) in [5, 5.41) is 11.1. The number of ether oxygens (including phenoxy) is 1. The number of likely N-dealkylation sites (tertiary alicyclic amines) is 1. The zero-order valence-electron chi connectivity index (χ0n) is 13.6. The molecule has 1 unspecified atom stereocenters. The van der Waals surface area contributed by atoms with Gasteiger partial charge in [0.15, 0.2) is 0 Å². The van der Waals surface area contributed by atoms with Crippen LogP contribution in [0, 0.1) is 5.92 Å². The van der Waals surface area contributed by atoms with Gasteiger partial charge in [-0.2, -0.15) is 0 Å². The van der Waals surface area contributed by atoms with Crippen molar-refractivity contribution in [2.75, 3.05) is 33.4 Å². The van der Waals surface area contributed by atoms with Crippen LogP contribution in [0.15, 0.2) is 30.5 Å². The van der Waals surface area contributed by atoms with Crippen molar-refractivity contribution in [3.05, 3.63) is 36.0 Å². The normalized spacial score (nSPS) is 20.6. The van der Waals surface area contributed by atoms with Crippen LogP contribution in [0.25, 0.3) is 10.9 Å². The summed E-state index contributed by atoms with van der Waals surface area (Å²) in [5.41, 5.74) is 7.81. The third-order valence-corrected chi connectivity index (χ3v) is 4.84. The Morgan fingerprint density at radius 2 is 2.30 bits per heavy atom. The largest absolute Gasteiger partial charge is 0.494 e. The molecule has 0 radical (unpaired) electrons. The van der Waals surface area contributed by atoms with Gasteiger partial charge in [-0.15, -0.1) is 0 Å². The molecule has 1 fully saturated rings. The number of hydrogen-bond donors (Lipinski definition) is 2. The first kappa shape index (κ1) is 16.2. The number of aliphatic hydroxyl groups is 1. The number of aliphatic hydroxyl groups excluding tert-OH is 1. The zero-order valence-corrected chi connectivity index (χ0v) is 13.6. The first-order chi connectivity index (χ1) is 11.3. The average molecular weight is 315 g/mol. The molecule has 0 saturated carbocycles. The van der Waals surface area contributed by atoms with Crippen molar-refractivity contribution in [3.8, 4) is 5.75 Å². The molecule has 1 aliphatic heterocycles. The second kappa shape index (κ2) is 7.25. The number of piperidine rings is 1. The molecule has 5 nitrogen and oxygen atoms in total. The fraction of sp³-hybridized carbons (Fsp3) is 0.500. The maximum absolute atomic E-state index is 10.1. The molecule has 0 aliphatic carbocycles. The highest BCUT2D eigenvalue weighted by Crippen LogP contribution is 2.33. The fourth-order valence-corrected chi connectivity index (χ4v) is 3.61. The lowest BCUT2D eigenvalue weighted by molar-refractivity contribution is 0.0822. The molecule has 1 aromatic carbocycles. The number of fused-ring (bicyclic) bond motifs is 1. The van der Waals surface area contributed by atoms with Crippen molar-refractivity contribution in [1.29, 1.82) is 0 Å². The Kier molecular flexibility index (Phi) is 5.10. The van der Waals surface area contributed by atoms with Gasteiger partial charge in [0.25, 0.3) is 0 Å². The van der Waals surface area contributed by atoms with Crippen LogP contribution in [0.5, 0.6) is 5.75 Å². The second-order valence-electron chi connectivity index (χ2n) is 6.19. The molecule has 1 aliphatic rings. The molecule has 2 aromatic rings. The lowest BCUT2D eigenvalue weighted by Gasteiger charge is -2.37. The number of rotatable bonds is 5. The maximum Gasteiger partial charge on any atom is 0.145 e. The van der Waals surface area contributed by atoms with E-state index in [9.17, 15) is 5.11 Å². The summed E-state index contributed by atoms with van der Waals surface area (Å²) in [4.78, 5) is 6.82. The topological polar surface area (TPSA) is 71.6 Å². The van der Waals surface area contributed by atoms with Crippen molar-refractivity contribution in [2.45, 2.75) is 18.9 Å². The summed E-state index contributed by atoms with van der Waals surface area (Å²) in [7, 11) is 1.66. The number of nitrogens with zero attached hydrogens (tertiary/aromatic N) is 2. The summed E-state index contributed by atoms with van der Waals surface area (Å²) >= 11 is 0. The summed E-state index contributed by atoms with van der Waals surface area (Å²) < 4.78 is 5.42. The third-order valence-electron chi connectivity index (χ3n) is 4.84. The molecular formula is C18H25N3O2. The number of nitrogens with two attached hydrogens (primary N) is 1. The molecule has 2 heterocycles.